The number of rotatable bonds is 6. The highest BCUT2D eigenvalue weighted by Crippen LogP contribution is 2.08. The molecule has 0 bridgehead atoms. The second-order valence-electron chi connectivity index (χ2n) is 5.05. The van der Waals surface area contributed by atoms with Crippen molar-refractivity contribution < 1.29 is 13.6 Å². The van der Waals surface area contributed by atoms with Crippen LogP contribution in [0.25, 0.3) is 0 Å². The van der Waals surface area contributed by atoms with E-state index in [1.165, 1.54) is 12.1 Å². The van der Waals surface area contributed by atoms with Crippen LogP contribution in [0.3, 0.4) is 0 Å². The van der Waals surface area contributed by atoms with Crippen molar-refractivity contribution in [3.05, 3.63) is 35.4 Å². The van der Waals surface area contributed by atoms with Gasteiger partial charge in [0, 0.05) is 12.6 Å². The van der Waals surface area contributed by atoms with E-state index in [1.54, 1.807) is 0 Å². The molecule has 0 fully saturated rings. The molecule has 1 atom stereocenters. The largest absolute Gasteiger partial charge is 0.354 e. The number of benzene rings is 1. The number of carbonyl (C=O) groups is 1. The number of hydrogen-bond donors (Lipinski definition) is 2. The summed E-state index contributed by atoms with van der Waals surface area (Å²) in [6.45, 7) is 4.29. The molecule has 1 rings (SSSR count). The highest BCUT2D eigenvalue weighted by atomic mass is 19.1. The van der Waals surface area contributed by atoms with Gasteiger partial charge in [-0.05, 0) is 36.5 Å². The first-order chi connectivity index (χ1) is 8.88. The van der Waals surface area contributed by atoms with Crippen LogP contribution in [0.4, 0.5) is 8.78 Å². The summed E-state index contributed by atoms with van der Waals surface area (Å²) in [5.41, 5.74) is 6.22. The molecule has 0 aliphatic heterocycles. The molecule has 0 heterocycles. The van der Waals surface area contributed by atoms with Gasteiger partial charge in [0.1, 0.15) is 11.6 Å². The first kappa shape index (κ1) is 15.6. The van der Waals surface area contributed by atoms with E-state index in [9.17, 15) is 13.6 Å². The minimum Gasteiger partial charge on any atom is -0.354 e. The van der Waals surface area contributed by atoms with Crippen LogP contribution in [0.2, 0.25) is 0 Å². The van der Waals surface area contributed by atoms with Crippen molar-refractivity contribution in [2.75, 3.05) is 6.54 Å². The predicted octanol–water partition coefficient (Wildman–Crippen LogP) is 2.00. The van der Waals surface area contributed by atoms with Crippen molar-refractivity contribution in [2.24, 2.45) is 11.7 Å². The molecule has 0 aliphatic carbocycles. The molecule has 0 saturated carbocycles. The minimum absolute atomic E-state index is 0.231. The molecule has 5 heteroatoms. The van der Waals surface area contributed by atoms with E-state index in [4.69, 9.17) is 5.73 Å². The zero-order valence-electron chi connectivity index (χ0n) is 11.2. The normalized spacial score (nSPS) is 12.5. The molecule has 0 aliphatic rings. The Morgan fingerprint density at radius 2 is 1.84 bits per heavy atom. The maximum atomic E-state index is 12.9. The van der Waals surface area contributed by atoms with Gasteiger partial charge in [-0.1, -0.05) is 13.8 Å². The van der Waals surface area contributed by atoms with E-state index in [2.05, 4.69) is 5.32 Å². The molecule has 0 spiro atoms. The lowest BCUT2D eigenvalue weighted by Gasteiger charge is -2.14. The van der Waals surface area contributed by atoms with Gasteiger partial charge in [0.05, 0.1) is 6.04 Å². The van der Waals surface area contributed by atoms with Gasteiger partial charge >= 0.3 is 0 Å². The van der Waals surface area contributed by atoms with Crippen LogP contribution >= 0.6 is 0 Å². The first-order valence-electron chi connectivity index (χ1n) is 6.36. The Bertz CT molecular complexity index is 415. The van der Waals surface area contributed by atoms with Crippen LogP contribution in [0.5, 0.6) is 0 Å². The number of nitrogens with two attached hydrogens (primary N) is 1. The Balaban J connectivity index is 2.39. The van der Waals surface area contributed by atoms with Crippen molar-refractivity contribution in [2.45, 2.75) is 32.7 Å². The third-order valence-electron chi connectivity index (χ3n) is 2.70. The second-order valence-corrected chi connectivity index (χ2v) is 5.05. The first-order valence-corrected chi connectivity index (χ1v) is 6.36. The summed E-state index contributed by atoms with van der Waals surface area (Å²) in [6, 6.07) is 2.79. The molecule has 1 amide bonds. The molecule has 0 saturated heterocycles. The average Bonchev–Trinajstić information content (AvgIpc) is 2.26. The summed E-state index contributed by atoms with van der Waals surface area (Å²) in [4.78, 5) is 11.6. The lowest BCUT2D eigenvalue weighted by Crippen LogP contribution is -2.42. The lowest BCUT2D eigenvalue weighted by atomic mass is 10.0. The van der Waals surface area contributed by atoms with Crippen LogP contribution in [-0.4, -0.2) is 18.5 Å². The van der Waals surface area contributed by atoms with Gasteiger partial charge in [-0.3, -0.25) is 4.79 Å². The lowest BCUT2D eigenvalue weighted by molar-refractivity contribution is -0.122. The highest BCUT2D eigenvalue weighted by Gasteiger charge is 2.14. The Morgan fingerprint density at radius 3 is 2.37 bits per heavy atom. The highest BCUT2D eigenvalue weighted by molar-refractivity contribution is 5.81. The van der Waals surface area contributed by atoms with Gasteiger partial charge in [0.25, 0.3) is 0 Å². The topological polar surface area (TPSA) is 55.1 Å². The summed E-state index contributed by atoms with van der Waals surface area (Å²) in [6.07, 6.45) is 0.981. The Hall–Kier alpha value is -1.49. The average molecular weight is 270 g/mol. The third-order valence-corrected chi connectivity index (χ3v) is 2.70. The third kappa shape index (κ3) is 5.79. The number of hydrogen-bond acceptors (Lipinski definition) is 2. The number of nitrogens with one attached hydrogen (secondary N) is 1. The molecule has 3 nitrogen and oxygen atoms in total. The van der Waals surface area contributed by atoms with E-state index < -0.39 is 17.7 Å². The fourth-order valence-corrected chi connectivity index (χ4v) is 1.83. The van der Waals surface area contributed by atoms with Crippen molar-refractivity contribution >= 4 is 5.91 Å². The molecule has 106 valence electrons. The Morgan fingerprint density at radius 1 is 1.26 bits per heavy atom. The van der Waals surface area contributed by atoms with Crippen LogP contribution in [0.15, 0.2) is 18.2 Å². The van der Waals surface area contributed by atoms with Crippen LogP contribution in [-0.2, 0) is 11.2 Å². The van der Waals surface area contributed by atoms with Crippen molar-refractivity contribution in [3.63, 3.8) is 0 Å². The summed E-state index contributed by atoms with van der Waals surface area (Å²) in [5.74, 6) is -1.11. The standard InChI is InChI=1S/C14H20F2N2O/c1-9(2)5-13(17)14(19)18-4-3-10-6-11(15)8-12(16)7-10/h6-9,13H,3-5,17H2,1-2H3,(H,18,19)/t13-/m0/s1. The van der Waals surface area contributed by atoms with E-state index in [0.717, 1.165) is 6.07 Å². The zero-order valence-corrected chi connectivity index (χ0v) is 11.2. The fourth-order valence-electron chi connectivity index (χ4n) is 1.83. The molecular weight excluding hydrogens is 250 g/mol. The number of halogens is 2. The quantitative estimate of drug-likeness (QED) is 0.830. The molecule has 1 aromatic rings. The summed E-state index contributed by atoms with van der Waals surface area (Å²) < 4.78 is 25.9. The van der Waals surface area contributed by atoms with Gasteiger partial charge in [-0.2, -0.15) is 0 Å². The van der Waals surface area contributed by atoms with E-state index >= 15 is 0 Å². The van der Waals surface area contributed by atoms with E-state index in [0.29, 0.717) is 30.9 Å². The fraction of sp³-hybridized carbons (Fsp3) is 0.500. The molecule has 3 N–H and O–H groups in total. The molecule has 0 radical (unpaired) electrons. The predicted molar refractivity (Wildman–Crippen MR) is 70.5 cm³/mol. The number of amides is 1. The van der Waals surface area contributed by atoms with Gasteiger partial charge in [-0.25, -0.2) is 8.78 Å². The van der Waals surface area contributed by atoms with Gasteiger partial charge < -0.3 is 11.1 Å². The molecular formula is C14H20F2N2O. The SMILES string of the molecule is CC(C)C[C@H](N)C(=O)NCCc1cc(F)cc(F)c1. The monoisotopic (exact) mass is 270 g/mol. The molecule has 0 unspecified atom stereocenters. The number of carbonyl (C=O) groups excluding carboxylic acids is 1. The van der Waals surface area contributed by atoms with Crippen LogP contribution in [0.1, 0.15) is 25.8 Å². The smallest absolute Gasteiger partial charge is 0.236 e. The summed E-state index contributed by atoms with van der Waals surface area (Å²) in [7, 11) is 0. The Kier molecular flexibility index (Phi) is 5.89. The summed E-state index contributed by atoms with van der Waals surface area (Å²) >= 11 is 0. The van der Waals surface area contributed by atoms with Crippen LogP contribution in [0, 0.1) is 17.6 Å². The van der Waals surface area contributed by atoms with Gasteiger partial charge in [0.2, 0.25) is 5.91 Å². The minimum atomic E-state index is -0.613. The Labute approximate surface area is 112 Å². The van der Waals surface area contributed by atoms with E-state index in [-0.39, 0.29) is 5.91 Å². The maximum absolute atomic E-state index is 12.9. The molecule has 0 aromatic heterocycles. The maximum Gasteiger partial charge on any atom is 0.236 e. The van der Waals surface area contributed by atoms with Gasteiger partial charge in [-0.15, -0.1) is 0 Å². The zero-order chi connectivity index (χ0) is 14.4. The molecule has 1 aromatic carbocycles. The second kappa shape index (κ2) is 7.19. The van der Waals surface area contributed by atoms with Crippen molar-refractivity contribution in [3.8, 4) is 0 Å². The van der Waals surface area contributed by atoms with E-state index in [1.807, 2.05) is 13.8 Å². The van der Waals surface area contributed by atoms with Crippen LogP contribution < -0.4 is 11.1 Å². The molecule has 19 heavy (non-hydrogen) atoms. The van der Waals surface area contributed by atoms with Gasteiger partial charge in [0.15, 0.2) is 0 Å². The van der Waals surface area contributed by atoms with Crippen molar-refractivity contribution in [1.82, 2.24) is 5.32 Å². The summed E-state index contributed by atoms with van der Waals surface area (Å²) in [5, 5.41) is 2.67. The van der Waals surface area contributed by atoms with Crippen molar-refractivity contribution in [1.29, 1.82) is 0 Å².